The molecule has 0 radical (unpaired) electrons. The smallest absolute Gasteiger partial charge is 0.287 e. The first-order valence-electron chi connectivity index (χ1n) is 5.14. The normalized spacial score (nSPS) is 17.1. The summed E-state index contributed by atoms with van der Waals surface area (Å²) in [5.41, 5.74) is 0. The highest BCUT2D eigenvalue weighted by atomic mass is 32.1. The van der Waals surface area contributed by atoms with E-state index in [-0.39, 0.29) is 11.4 Å². The Bertz CT molecular complexity index is 433. The van der Waals surface area contributed by atoms with Crippen LogP contribution in [0.25, 0.3) is 0 Å². The van der Waals surface area contributed by atoms with Gasteiger partial charge in [0.1, 0.15) is 0 Å². The molecule has 0 aromatic heterocycles. The van der Waals surface area contributed by atoms with Gasteiger partial charge in [-0.2, -0.15) is 26.3 Å². The topological polar surface area (TPSA) is 40.6 Å². The average molecular weight is 322 g/mol. The minimum Gasteiger partial charge on any atom is -0.287 e. The monoisotopic (exact) mass is 322 g/mol. The van der Waals surface area contributed by atoms with Crippen LogP contribution in [0.1, 0.15) is 6.92 Å². The zero-order valence-electron chi connectivity index (χ0n) is 9.88. The number of carbonyl (C=O) groups is 2. The molecule has 0 N–H and O–H groups in total. The molecule has 1 rings (SSSR count). The average Bonchev–Trinajstić information content (AvgIpc) is 2.54. The highest BCUT2D eigenvalue weighted by Gasteiger charge is 2.62. The van der Waals surface area contributed by atoms with Crippen molar-refractivity contribution in [2.24, 2.45) is 5.92 Å². The summed E-state index contributed by atoms with van der Waals surface area (Å²) >= 11 is 4.55. The van der Waals surface area contributed by atoms with Crippen LogP contribution in [0.5, 0.6) is 0 Å². The number of hydrogen-bond donors (Lipinski definition) is 0. The molecular weight excluding hydrogens is 314 g/mol. The number of carbonyl (C=O) groups excluding carboxylic acids is 2. The minimum absolute atomic E-state index is 0.155. The van der Waals surface area contributed by atoms with Crippen LogP contribution >= 0.6 is 12.2 Å². The molecular formula is C9H8F6N2O2S. The van der Waals surface area contributed by atoms with Crippen molar-refractivity contribution < 1.29 is 35.9 Å². The number of thiocarbonyl (C=S) groups is 1. The Balaban J connectivity index is 3.05. The molecule has 0 unspecified atom stereocenters. The van der Waals surface area contributed by atoms with Crippen molar-refractivity contribution in [2.45, 2.75) is 19.3 Å². The van der Waals surface area contributed by atoms with Gasteiger partial charge in [-0.3, -0.25) is 19.4 Å². The molecule has 114 valence electrons. The third-order valence-corrected chi connectivity index (χ3v) is 3.00. The first-order chi connectivity index (χ1) is 8.87. The first kappa shape index (κ1) is 16.7. The number of halogens is 6. The molecule has 0 spiro atoms. The van der Waals surface area contributed by atoms with Gasteiger partial charge in [0.05, 0.1) is 0 Å². The molecule has 4 nitrogen and oxygen atoms in total. The van der Waals surface area contributed by atoms with Crippen molar-refractivity contribution in [3.63, 3.8) is 0 Å². The van der Waals surface area contributed by atoms with Crippen LogP contribution in [0.15, 0.2) is 0 Å². The van der Waals surface area contributed by atoms with Gasteiger partial charge in [-0.1, -0.05) is 0 Å². The van der Waals surface area contributed by atoms with E-state index < -0.39 is 41.7 Å². The lowest BCUT2D eigenvalue weighted by atomic mass is 10.1. The summed E-state index contributed by atoms with van der Waals surface area (Å²) in [5.74, 6) is -7.04. The fourth-order valence-corrected chi connectivity index (χ4v) is 2.06. The molecule has 0 aliphatic carbocycles. The van der Waals surface area contributed by atoms with Gasteiger partial charge in [-0.25, -0.2) is 0 Å². The molecule has 1 saturated heterocycles. The molecule has 0 atom stereocenters. The summed E-state index contributed by atoms with van der Waals surface area (Å²) in [5, 5.41) is -0.652. The second-order valence-electron chi connectivity index (χ2n) is 3.96. The van der Waals surface area contributed by atoms with Crippen LogP contribution in [0, 0.1) is 5.92 Å². The second kappa shape index (κ2) is 5.19. The van der Waals surface area contributed by atoms with Gasteiger partial charge in [-0.05, 0) is 12.2 Å². The van der Waals surface area contributed by atoms with E-state index in [1.807, 2.05) is 0 Å². The maximum Gasteiger partial charge on any atom is 0.409 e. The van der Waals surface area contributed by atoms with Crippen LogP contribution in [0.2, 0.25) is 0 Å². The van der Waals surface area contributed by atoms with Crippen molar-refractivity contribution in [3.05, 3.63) is 0 Å². The fraction of sp³-hybridized carbons (Fsp3) is 0.667. The van der Waals surface area contributed by atoms with E-state index in [0.29, 0.717) is 0 Å². The lowest BCUT2D eigenvalue weighted by molar-refractivity contribution is -0.276. The van der Waals surface area contributed by atoms with Crippen LogP contribution in [-0.2, 0) is 9.59 Å². The van der Waals surface area contributed by atoms with Gasteiger partial charge in [0.2, 0.25) is 11.8 Å². The van der Waals surface area contributed by atoms with Crippen LogP contribution < -0.4 is 0 Å². The molecule has 0 aromatic carbocycles. The molecule has 0 bridgehead atoms. The van der Waals surface area contributed by atoms with E-state index in [4.69, 9.17) is 0 Å². The Morgan fingerprint density at radius 3 is 1.75 bits per heavy atom. The zero-order valence-corrected chi connectivity index (χ0v) is 10.7. The highest BCUT2D eigenvalue weighted by molar-refractivity contribution is 7.80. The molecule has 0 saturated carbocycles. The molecule has 0 aromatic rings. The van der Waals surface area contributed by atoms with Crippen molar-refractivity contribution in [2.75, 3.05) is 13.1 Å². The lowest BCUT2D eigenvalue weighted by Gasteiger charge is -2.26. The Morgan fingerprint density at radius 1 is 1.05 bits per heavy atom. The van der Waals surface area contributed by atoms with E-state index in [2.05, 4.69) is 12.2 Å². The summed E-state index contributed by atoms with van der Waals surface area (Å²) in [7, 11) is 0. The third kappa shape index (κ3) is 3.19. The summed E-state index contributed by atoms with van der Waals surface area (Å²) < 4.78 is 74.5. The Kier molecular flexibility index (Phi) is 4.32. The third-order valence-electron chi connectivity index (χ3n) is 2.56. The molecule has 2 amide bonds. The van der Waals surface area contributed by atoms with E-state index in [9.17, 15) is 35.9 Å². The second-order valence-corrected chi connectivity index (χ2v) is 4.32. The maximum absolute atomic E-state index is 12.4. The van der Waals surface area contributed by atoms with E-state index in [0.717, 1.165) is 11.8 Å². The van der Waals surface area contributed by atoms with E-state index >= 15 is 0 Å². The van der Waals surface area contributed by atoms with Gasteiger partial charge in [0, 0.05) is 20.0 Å². The fourth-order valence-electron chi connectivity index (χ4n) is 1.66. The number of nitrogens with zero attached hydrogens (tertiary/aromatic N) is 2. The number of hydrogen-bond acceptors (Lipinski definition) is 3. The highest BCUT2D eigenvalue weighted by Crippen LogP contribution is 2.40. The molecule has 11 heteroatoms. The number of amides is 2. The van der Waals surface area contributed by atoms with Gasteiger partial charge >= 0.3 is 12.4 Å². The lowest BCUT2D eigenvalue weighted by Crippen LogP contribution is -2.50. The molecule has 1 aliphatic heterocycles. The molecule has 1 aliphatic rings. The van der Waals surface area contributed by atoms with Gasteiger partial charge in [0.15, 0.2) is 5.11 Å². The van der Waals surface area contributed by atoms with Crippen LogP contribution in [-0.4, -0.2) is 52.2 Å². The summed E-state index contributed by atoms with van der Waals surface area (Å²) in [6.07, 6.45) is -11.6. The first-order valence-corrected chi connectivity index (χ1v) is 5.55. The largest absolute Gasteiger partial charge is 0.409 e. The predicted molar refractivity (Wildman–Crippen MR) is 57.3 cm³/mol. The molecule has 20 heavy (non-hydrogen) atoms. The van der Waals surface area contributed by atoms with Crippen LogP contribution in [0.3, 0.4) is 0 Å². The van der Waals surface area contributed by atoms with Gasteiger partial charge in [-0.15, -0.1) is 0 Å². The van der Waals surface area contributed by atoms with Crippen molar-refractivity contribution in [1.29, 1.82) is 0 Å². The maximum atomic E-state index is 12.4. The Hall–Kier alpha value is -1.39. The van der Waals surface area contributed by atoms with Crippen molar-refractivity contribution >= 4 is 29.1 Å². The number of rotatable bonds is 1. The van der Waals surface area contributed by atoms with Crippen molar-refractivity contribution in [1.82, 2.24) is 9.80 Å². The molecule has 1 heterocycles. The Morgan fingerprint density at radius 2 is 1.45 bits per heavy atom. The summed E-state index contributed by atoms with van der Waals surface area (Å²) in [4.78, 5) is 23.4. The summed E-state index contributed by atoms with van der Waals surface area (Å²) in [6.45, 7) is 0.299. The minimum atomic E-state index is -5.78. The van der Waals surface area contributed by atoms with Gasteiger partial charge in [0.25, 0.3) is 5.91 Å². The van der Waals surface area contributed by atoms with Crippen LogP contribution in [0.4, 0.5) is 26.3 Å². The standard InChI is InChI=1S/C9H8F6N2O2S/c1-4(18)16-2-3-17(7(16)20)6(19)5(8(10,11)12)9(13,14)15/h5H,2-3H2,1H3. The van der Waals surface area contributed by atoms with Crippen molar-refractivity contribution in [3.8, 4) is 0 Å². The number of alkyl halides is 6. The van der Waals surface area contributed by atoms with E-state index in [1.54, 1.807) is 0 Å². The zero-order chi connectivity index (χ0) is 15.9. The van der Waals surface area contributed by atoms with E-state index in [1.165, 1.54) is 0 Å². The predicted octanol–water partition coefficient (Wildman–Crippen LogP) is 1.70. The quantitative estimate of drug-likeness (QED) is 0.545. The Labute approximate surface area is 114 Å². The molecule has 1 fully saturated rings. The van der Waals surface area contributed by atoms with Gasteiger partial charge < -0.3 is 0 Å². The summed E-state index contributed by atoms with van der Waals surface area (Å²) in [6, 6.07) is 0. The SMILES string of the molecule is CC(=O)N1CCN(C(=O)C(C(F)(F)F)C(F)(F)F)C1=S.